The lowest BCUT2D eigenvalue weighted by Gasteiger charge is -2.20. The molecule has 2 nitrogen and oxygen atoms in total. The van der Waals surface area contributed by atoms with Gasteiger partial charge in [-0.05, 0) is 36.8 Å². The Kier molecular flexibility index (Phi) is 2.16. The van der Waals surface area contributed by atoms with Crippen LogP contribution in [0.3, 0.4) is 0 Å². The van der Waals surface area contributed by atoms with Gasteiger partial charge in [0.2, 0.25) is 0 Å². The van der Waals surface area contributed by atoms with E-state index in [9.17, 15) is 0 Å². The molecule has 0 bridgehead atoms. The van der Waals surface area contributed by atoms with Crippen LogP contribution in [-0.2, 0) is 12.8 Å². The second kappa shape index (κ2) is 3.18. The average Bonchev–Trinajstić information content (AvgIpc) is 2.08. The normalized spacial score (nSPS) is 21.2. The molecule has 70 valence electrons. The monoisotopic (exact) mass is 196 g/mol. The number of rotatable bonds is 0. The molecule has 1 aromatic heterocycles. The number of hydrogen-bond acceptors (Lipinski definition) is 2. The van der Waals surface area contributed by atoms with E-state index in [1.54, 1.807) is 0 Å². The second-order valence-electron chi connectivity index (χ2n) is 3.82. The summed E-state index contributed by atoms with van der Waals surface area (Å²) in [7, 11) is 0. The maximum atomic E-state index is 5.85. The van der Waals surface area contributed by atoms with E-state index in [2.05, 4.69) is 11.9 Å². The van der Waals surface area contributed by atoms with Crippen LogP contribution >= 0.6 is 11.6 Å². The minimum Gasteiger partial charge on any atom is -0.396 e. The fourth-order valence-electron chi connectivity index (χ4n) is 1.84. The van der Waals surface area contributed by atoms with Gasteiger partial charge in [-0.3, -0.25) is 0 Å². The number of pyridine rings is 1. The summed E-state index contributed by atoms with van der Waals surface area (Å²) in [5.41, 5.74) is 8.72. The number of fused-ring (bicyclic) bond motifs is 1. The maximum absolute atomic E-state index is 5.85. The number of aromatic nitrogens is 1. The van der Waals surface area contributed by atoms with E-state index in [0.29, 0.717) is 10.8 Å². The summed E-state index contributed by atoms with van der Waals surface area (Å²) in [5.74, 6) is 0.745. The highest BCUT2D eigenvalue weighted by molar-refractivity contribution is 6.31. The van der Waals surface area contributed by atoms with Gasteiger partial charge in [0.25, 0.3) is 0 Å². The van der Waals surface area contributed by atoms with Crippen LogP contribution in [0.2, 0.25) is 5.15 Å². The summed E-state index contributed by atoms with van der Waals surface area (Å²) in [6, 6.07) is 1.97. The molecule has 1 atom stereocenters. The summed E-state index contributed by atoms with van der Waals surface area (Å²) in [5, 5.41) is 0.452. The Labute approximate surface area is 83.1 Å². The van der Waals surface area contributed by atoms with Gasteiger partial charge in [-0.2, -0.15) is 0 Å². The first kappa shape index (κ1) is 8.82. The van der Waals surface area contributed by atoms with Crippen molar-refractivity contribution in [2.45, 2.75) is 26.2 Å². The van der Waals surface area contributed by atoms with E-state index < -0.39 is 0 Å². The molecule has 0 amide bonds. The third-order valence-corrected chi connectivity index (χ3v) is 2.92. The molecule has 3 heteroatoms. The van der Waals surface area contributed by atoms with Crippen LogP contribution in [0.1, 0.15) is 24.6 Å². The van der Waals surface area contributed by atoms with Crippen molar-refractivity contribution in [3.05, 3.63) is 22.5 Å². The fraction of sp³-hybridized carbons (Fsp3) is 0.500. The SMILES string of the molecule is CC1CCc2nc(Cl)c(N)cc2C1. The minimum atomic E-state index is 0.452. The van der Waals surface area contributed by atoms with Gasteiger partial charge in [-0.15, -0.1) is 0 Å². The molecule has 0 saturated heterocycles. The van der Waals surface area contributed by atoms with Gasteiger partial charge in [0.1, 0.15) is 0 Å². The highest BCUT2D eigenvalue weighted by atomic mass is 35.5. The molecule has 0 aliphatic heterocycles. The van der Waals surface area contributed by atoms with Crippen LogP contribution < -0.4 is 5.73 Å². The molecule has 2 N–H and O–H groups in total. The number of aryl methyl sites for hydroxylation is 1. The van der Waals surface area contributed by atoms with Crippen molar-refractivity contribution in [3.8, 4) is 0 Å². The first-order chi connectivity index (χ1) is 6.16. The molecule has 2 rings (SSSR count). The van der Waals surface area contributed by atoms with Crippen LogP contribution in [0.25, 0.3) is 0 Å². The predicted octanol–water partition coefficient (Wildman–Crippen LogP) is 2.44. The lowest BCUT2D eigenvalue weighted by Crippen LogP contribution is -2.13. The lowest BCUT2D eigenvalue weighted by molar-refractivity contribution is 0.494. The predicted molar refractivity (Wildman–Crippen MR) is 54.8 cm³/mol. The molecule has 0 aromatic carbocycles. The third-order valence-electron chi connectivity index (χ3n) is 2.61. The van der Waals surface area contributed by atoms with Crippen molar-refractivity contribution >= 4 is 17.3 Å². The maximum Gasteiger partial charge on any atom is 0.152 e. The number of anilines is 1. The Morgan fingerprint density at radius 3 is 3.15 bits per heavy atom. The van der Waals surface area contributed by atoms with Gasteiger partial charge in [0, 0.05) is 5.69 Å². The first-order valence-corrected chi connectivity index (χ1v) is 4.98. The Morgan fingerprint density at radius 1 is 1.62 bits per heavy atom. The smallest absolute Gasteiger partial charge is 0.152 e. The first-order valence-electron chi connectivity index (χ1n) is 4.60. The van der Waals surface area contributed by atoms with Gasteiger partial charge in [0.05, 0.1) is 5.69 Å². The van der Waals surface area contributed by atoms with Crippen LogP contribution in [0.15, 0.2) is 6.07 Å². The molecule has 0 fully saturated rings. The van der Waals surface area contributed by atoms with Gasteiger partial charge in [0.15, 0.2) is 5.15 Å². The minimum absolute atomic E-state index is 0.452. The van der Waals surface area contributed by atoms with Crippen molar-refractivity contribution in [2.75, 3.05) is 5.73 Å². The molecule has 1 aliphatic rings. The largest absolute Gasteiger partial charge is 0.396 e. The van der Waals surface area contributed by atoms with E-state index in [4.69, 9.17) is 17.3 Å². The zero-order valence-corrected chi connectivity index (χ0v) is 8.43. The molecule has 0 spiro atoms. The van der Waals surface area contributed by atoms with Gasteiger partial charge in [-0.25, -0.2) is 4.98 Å². The van der Waals surface area contributed by atoms with Gasteiger partial charge < -0.3 is 5.73 Å². The molecular formula is C10H13ClN2. The lowest BCUT2D eigenvalue weighted by atomic mass is 9.88. The number of hydrogen-bond donors (Lipinski definition) is 1. The molecule has 1 heterocycles. The highest BCUT2D eigenvalue weighted by Crippen LogP contribution is 2.28. The topological polar surface area (TPSA) is 38.9 Å². The summed E-state index contributed by atoms with van der Waals surface area (Å²) >= 11 is 5.85. The number of nitrogens with zero attached hydrogens (tertiary/aromatic N) is 1. The summed E-state index contributed by atoms with van der Waals surface area (Å²) in [6.07, 6.45) is 3.33. The fourth-order valence-corrected chi connectivity index (χ4v) is 2.00. The van der Waals surface area contributed by atoms with Crippen molar-refractivity contribution in [1.29, 1.82) is 0 Å². The summed E-state index contributed by atoms with van der Waals surface area (Å²) in [6.45, 7) is 2.26. The van der Waals surface area contributed by atoms with Crippen LogP contribution in [0.4, 0.5) is 5.69 Å². The summed E-state index contributed by atoms with van der Waals surface area (Å²) < 4.78 is 0. The van der Waals surface area contributed by atoms with Crippen LogP contribution in [0.5, 0.6) is 0 Å². The zero-order valence-electron chi connectivity index (χ0n) is 7.68. The number of nitrogens with two attached hydrogens (primary N) is 1. The molecule has 1 unspecified atom stereocenters. The third kappa shape index (κ3) is 1.63. The van der Waals surface area contributed by atoms with Crippen LogP contribution in [-0.4, -0.2) is 4.98 Å². The van der Waals surface area contributed by atoms with Crippen molar-refractivity contribution in [2.24, 2.45) is 5.92 Å². The Bertz CT molecular complexity index is 336. The molecule has 1 aromatic rings. The molecule has 13 heavy (non-hydrogen) atoms. The molecular weight excluding hydrogens is 184 g/mol. The van der Waals surface area contributed by atoms with Crippen molar-refractivity contribution in [1.82, 2.24) is 4.98 Å². The second-order valence-corrected chi connectivity index (χ2v) is 4.18. The molecule has 0 saturated carbocycles. The zero-order chi connectivity index (χ0) is 9.42. The van der Waals surface area contributed by atoms with Crippen molar-refractivity contribution in [3.63, 3.8) is 0 Å². The summed E-state index contributed by atoms with van der Waals surface area (Å²) in [4.78, 5) is 4.29. The molecule has 1 aliphatic carbocycles. The van der Waals surface area contributed by atoms with Crippen LogP contribution in [0, 0.1) is 5.92 Å². The van der Waals surface area contributed by atoms with E-state index in [1.165, 1.54) is 12.0 Å². The number of nitrogen functional groups attached to an aromatic ring is 1. The van der Waals surface area contributed by atoms with Crippen molar-refractivity contribution < 1.29 is 0 Å². The highest BCUT2D eigenvalue weighted by Gasteiger charge is 2.17. The number of halogens is 1. The Hall–Kier alpha value is -0.760. The quantitative estimate of drug-likeness (QED) is 0.648. The van der Waals surface area contributed by atoms with Gasteiger partial charge in [-0.1, -0.05) is 18.5 Å². The van der Waals surface area contributed by atoms with Gasteiger partial charge >= 0.3 is 0 Å². The van der Waals surface area contributed by atoms with E-state index in [1.807, 2.05) is 6.07 Å². The van der Waals surface area contributed by atoms with E-state index in [0.717, 1.165) is 24.5 Å². The average molecular weight is 197 g/mol. The Balaban J connectivity index is 2.43. The van der Waals surface area contributed by atoms with E-state index >= 15 is 0 Å². The standard InChI is InChI=1S/C10H13ClN2/c1-6-2-3-9-7(4-6)5-8(12)10(11)13-9/h5-6H,2-4,12H2,1H3. The molecule has 0 radical (unpaired) electrons. The van der Waals surface area contributed by atoms with E-state index in [-0.39, 0.29) is 0 Å². The Morgan fingerprint density at radius 2 is 2.38 bits per heavy atom.